The maximum Gasteiger partial charge on any atom is 0.311 e. The highest BCUT2D eigenvalue weighted by Crippen LogP contribution is 2.33. The number of nitrogens with zero attached hydrogens (tertiary/aromatic N) is 1. The topological polar surface area (TPSA) is 87.6 Å². The Hall–Kier alpha value is -1.82. The number of nitrogens with two attached hydrogens (primary N) is 1. The summed E-state index contributed by atoms with van der Waals surface area (Å²) in [6.07, 6.45) is 2.63. The molecule has 0 radical (unpaired) electrons. The minimum Gasteiger partial charge on any atom is -0.490 e. The van der Waals surface area contributed by atoms with Gasteiger partial charge in [-0.05, 0) is 39.2 Å². The zero-order valence-corrected chi connectivity index (χ0v) is 11.7. The third kappa shape index (κ3) is 3.60. The summed E-state index contributed by atoms with van der Waals surface area (Å²) in [5.74, 6) is 0.829. The highest BCUT2D eigenvalue weighted by atomic mass is 16.6. The summed E-state index contributed by atoms with van der Waals surface area (Å²) in [6, 6.07) is 4.79. The molecule has 2 rings (SSSR count). The Balaban J connectivity index is 2.16. The Morgan fingerprint density at radius 1 is 1.40 bits per heavy atom. The lowest BCUT2D eigenvalue weighted by atomic mass is 10.2. The molecule has 1 aliphatic rings. The van der Waals surface area contributed by atoms with Crippen LogP contribution in [0.3, 0.4) is 0 Å². The van der Waals surface area contributed by atoms with Gasteiger partial charge in [-0.25, -0.2) is 0 Å². The van der Waals surface area contributed by atoms with Gasteiger partial charge < -0.3 is 15.2 Å². The third-order valence-electron chi connectivity index (χ3n) is 3.22. The van der Waals surface area contributed by atoms with E-state index in [1.54, 1.807) is 12.1 Å². The monoisotopic (exact) mass is 280 g/mol. The smallest absolute Gasteiger partial charge is 0.311 e. The number of nitro groups is 1. The van der Waals surface area contributed by atoms with E-state index in [1.165, 1.54) is 6.07 Å². The summed E-state index contributed by atoms with van der Waals surface area (Å²) in [5.41, 5.74) is 5.80. The molecule has 0 spiro atoms. The second-order valence-corrected chi connectivity index (χ2v) is 5.37. The molecule has 1 saturated carbocycles. The number of hydrogen-bond donors (Lipinski definition) is 1. The molecule has 0 saturated heterocycles. The number of ether oxygens (including phenoxy) is 2. The fourth-order valence-corrected chi connectivity index (χ4v) is 2.34. The van der Waals surface area contributed by atoms with Gasteiger partial charge in [-0.3, -0.25) is 10.1 Å². The first kappa shape index (κ1) is 14.6. The first-order valence-electron chi connectivity index (χ1n) is 6.83. The normalized spacial score (nSPS) is 22.0. The van der Waals surface area contributed by atoms with Gasteiger partial charge in [-0.15, -0.1) is 0 Å². The molecule has 0 aromatic heterocycles. The van der Waals surface area contributed by atoms with Gasteiger partial charge in [-0.1, -0.05) is 0 Å². The lowest BCUT2D eigenvalue weighted by Crippen LogP contribution is -2.19. The molecule has 2 unspecified atom stereocenters. The first-order chi connectivity index (χ1) is 9.45. The summed E-state index contributed by atoms with van der Waals surface area (Å²) in [7, 11) is 0. The summed E-state index contributed by atoms with van der Waals surface area (Å²) in [5, 5.41) is 11.0. The van der Waals surface area contributed by atoms with E-state index < -0.39 is 4.92 Å². The highest BCUT2D eigenvalue weighted by molar-refractivity contribution is 5.50. The summed E-state index contributed by atoms with van der Waals surface area (Å²) < 4.78 is 11.3. The Kier molecular flexibility index (Phi) is 4.44. The van der Waals surface area contributed by atoms with Crippen LogP contribution < -0.4 is 15.2 Å². The second kappa shape index (κ2) is 6.09. The van der Waals surface area contributed by atoms with Crippen LogP contribution in [0.25, 0.3) is 0 Å². The largest absolute Gasteiger partial charge is 0.490 e. The molecule has 1 fully saturated rings. The summed E-state index contributed by atoms with van der Waals surface area (Å²) >= 11 is 0. The molecule has 6 nitrogen and oxygen atoms in total. The fraction of sp³-hybridized carbons (Fsp3) is 0.571. The zero-order chi connectivity index (χ0) is 14.7. The molecular weight excluding hydrogens is 260 g/mol. The number of nitro benzene ring substituents is 1. The van der Waals surface area contributed by atoms with E-state index in [-0.39, 0.29) is 29.7 Å². The molecule has 1 aromatic rings. The zero-order valence-electron chi connectivity index (χ0n) is 11.7. The van der Waals surface area contributed by atoms with Crippen LogP contribution in [0.4, 0.5) is 5.69 Å². The molecule has 0 bridgehead atoms. The summed E-state index contributed by atoms with van der Waals surface area (Å²) in [4.78, 5) is 10.5. The van der Waals surface area contributed by atoms with Crippen molar-refractivity contribution in [3.63, 3.8) is 0 Å². The Morgan fingerprint density at radius 2 is 2.15 bits per heavy atom. The molecule has 6 heteroatoms. The van der Waals surface area contributed by atoms with Gasteiger partial charge in [0.2, 0.25) is 5.75 Å². The van der Waals surface area contributed by atoms with Gasteiger partial charge in [0.15, 0.2) is 0 Å². The molecule has 0 heterocycles. The van der Waals surface area contributed by atoms with Crippen molar-refractivity contribution in [2.24, 2.45) is 5.73 Å². The molecule has 110 valence electrons. The quantitative estimate of drug-likeness (QED) is 0.661. The van der Waals surface area contributed by atoms with Crippen molar-refractivity contribution in [2.75, 3.05) is 0 Å². The predicted molar refractivity (Wildman–Crippen MR) is 75.1 cm³/mol. The van der Waals surface area contributed by atoms with Gasteiger partial charge in [0.25, 0.3) is 0 Å². The van der Waals surface area contributed by atoms with Gasteiger partial charge in [0.1, 0.15) is 11.9 Å². The molecule has 2 N–H and O–H groups in total. The van der Waals surface area contributed by atoms with Gasteiger partial charge in [-0.2, -0.15) is 0 Å². The average molecular weight is 280 g/mol. The van der Waals surface area contributed by atoms with E-state index in [9.17, 15) is 10.1 Å². The summed E-state index contributed by atoms with van der Waals surface area (Å²) in [6.45, 7) is 3.65. The van der Waals surface area contributed by atoms with Crippen LogP contribution in [-0.2, 0) is 0 Å². The molecule has 1 aliphatic carbocycles. The van der Waals surface area contributed by atoms with Gasteiger partial charge >= 0.3 is 5.69 Å². The maximum absolute atomic E-state index is 11.0. The van der Waals surface area contributed by atoms with Crippen molar-refractivity contribution in [3.05, 3.63) is 28.3 Å². The van der Waals surface area contributed by atoms with Gasteiger partial charge in [0.05, 0.1) is 11.0 Å². The molecular formula is C14H20N2O4. The van der Waals surface area contributed by atoms with Crippen molar-refractivity contribution in [3.8, 4) is 11.5 Å². The van der Waals surface area contributed by atoms with E-state index in [2.05, 4.69) is 0 Å². The van der Waals surface area contributed by atoms with Crippen LogP contribution in [0, 0.1) is 10.1 Å². The Bertz CT molecular complexity index is 490. The van der Waals surface area contributed by atoms with E-state index in [1.807, 2.05) is 13.8 Å². The number of benzene rings is 1. The standard InChI is InChI=1S/C14H20N2O4/c1-9(2)19-14-8-12(5-6-13(14)16(17)18)20-11-4-3-10(15)7-11/h5-6,8-11H,3-4,7,15H2,1-2H3. The minimum atomic E-state index is -0.451. The minimum absolute atomic E-state index is 0.0471. The molecule has 20 heavy (non-hydrogen) atoms. The number of rotatable bonds is 5. The Labute approximate surface area is 118 Å². The molecule has 0 aliphatic heterocycles. The lowest BCUT2D eigenvalue weighted by molar-refractivity contribution is -0.386. The van der Waals surface area contributed by atoms with E-state index in [0.29, 0.717) is 5.75 Å². The molecule has 2 atom stereocenters. The van der Waals surface area contributed by atoms with Crippen molar-refractivity contribution < 1.29 is 14.4 Å². The van der Waals surface area contributed by atoms with Gasteiger partial charge in [0, 0.05) is 18.2 Å². The lowest BCUT2D eigenvalue weighted by Gasteiger charge is -2.15. The fourth-order valence-electron chi connectivity index (χ4n) is 2.34. The van der Waals surface area contributed by atoms with Crippen LogP contribution in [0.2, 0.25) is 0 Å². The van der Waals surface area contributed by atoms with E-state index in [4.69, 9.17) is 15.2 Å². The Morgan fingerprint density at radius 3 is 2.70 bits per heavy atom. The molecule has 0 amide bonds. The van der Waals surface area contributed by atoms with Crippen LogP contribution in [0.1, 0.15) is 33.1 Å². The highest BCUT2D eigenvalue weighted by Gasteiger charge is 2.24. The van der Waals surface area contributed by atoms with Crippen molar-refractivity contribution in [1.29, 1.82) is 0 Å². The predicted octanol–water partition coefficient (Wildman–Crippen LogP) is 2.64. The molecule has 1 aromatic carbocycles. The van der Waals surface area contributed by atoms with Crippen LogP contribution in [-0.4, -0.2) is 23.2 Å². The van der Waals surface area contributed by atoms with E-state index in [0.717, 1.165) is 19.3 Å². The van der Waals surface area contributed by atoms with Crippen LogP contribution in [0.15, 0.2) is 18.2 Å². The third-order valence-corrected chi connectivity index (χ3v) is 3.22. The van der Waals surface area contributed by atoms with E-state index >= 15 is 0 Å². The maximum atomic E-state index is 11.0. The second-order valence-electron chi connectivity index (χ2n) is 5.37. The SMILES string of the molecule is CC(C)Oc1cc(OC2CCC(N)C2)ccc1[N+](=O)[O-]. The van der Waals surface area contributed by atoms with Crippen LogP contribution in [0.5, 0.6) is 11.5 Å². The van der Waals surface area contributed by atoms with Crippen molar-refractivity contribution in [2.45, 2.75) is 51.4 Å². The first-order valence-corrected chi connectivity index (χ1v) is 6.83. The number of hydrogen-bond acceptors (Lipinski definition) is 5. The van der Waals surface area contributed by atoms with Crippen molar-refractivity contribution in [1.82, 2.24) is 0 Å². The van der Waals surface area contributed by atoms with Crippen molar-refractivity contribution >= 4 is 5.69 Å². The average Bonchev–Trinajstić information content (AvgIpc) is 2.73. The van der Waals surface area contributed by atoms with Crippen LogP contribution >= 0.6 is 0 Å².